The maximum atomic E-state index is 4.26. The molecular formula is C22H25N5. The predicted octanol–water partition coefficient (Wildman–Crippen LogP) is 2.91. The number of benzene rings is 1. The number of hydrogen-bond donors (Lipinski definition) is 2. The lowest BCUT2D eigenvalue weighted by molar-refractivity contribution is 0.146. The molecule has 0 amide bonds. The molecule has 1 aromatic carbocycles. The van der Waals surface area contributed by atoms with Gasteiger partial charge in [0.2, 0.25) is 0 Å². The van der Waals surface area contributed by atoms with Gasteiger partial charge in [-0.3, -0.25) is 15.3 Å². The zero-order valence-electron chi connectivity index (χ0n) is 15.3. The smallest absolute Gasteiger partial charge is 0.0636 e. The standard InChI is InChI=1S/C22H25N5/c1-2-6-17(7-3-1)22-20-16-26(13-10-21(20)24-25-22)15-19-9-5-12-27(19)18-8-4-11-23-14-18/h1-9,11-12,14,20-22,24-25H,10,13,15-16H2. The van der Waals surface area contributed by atoms with E-state index < -0.39 is 0 Å². The molecule has 0 bridgehead atoms. The summed E-state index contributed by atoms with van der Waals surface area (Å²) >= 11 is 0. The molecular weight excluding hydrogens is 334 g/mol. The number of likely N-dealkylation sites (tertiary alicyclic amines) is 1. The largest absolute Gasteiger partial charge is 0.318 e. The van der Waals surface area contributed by atoms with Crippen molar-refractivity contribution in [3.63, 3.8) is 0 Å². The summed E-state index contributed by atoms with van der Waals surface area (Å²) in [5.41, 5.74) is 10.9. The Labute approximate surface area is 160 Å². The van der Waals surface area contributed by atoms with Crippen molar-refractivity contribution in [3.8, 4) is 5.69 Å². The first-order valence-corrected chi connectivity index (χ1v) is 9.73. The molecule has 2 aromatic heterocycles. The van der Waals surface area contributed by atoms with Crippen molar-refractivity contribution >= 4 is 0 Å². The van der Waals surface area contributed by atoms with Gasteiger partial charge in [0.25, 0.3) is 0 Å². The van der Waals surface area contributed by atoms with Gasteiger partial charge in [0.05, 0.1) is 17.9 Å². The molecule has 2 aliphatic rings. The molecule has 2 fully saturated rings. The van der Waals surface area contributed by atoms with E-state index in [0.29, 0.717) is 18.0 Å². The number of piperidine rings is 1. The number of fused-ring (bicyclic) bond motifs is 1. The molecule has 138 valence electrons. The highest BCUT2D eigenvalue weighted by atomic mass is 15.4. The Bertz CT molecular complexity index is 876. The van der Waals surface area contributed by atoms with Crippen LogP contribution >= 0.6 is 0 Å². The molecule has 0 saturated carbocycles. The van der Waals surface area contributed by atoms with Gasteiger partial charge in [-0.2, -0.15) is 0 Å². The summed E-state index contributed by atoms with van der Waals surface area (Å²) in [4.78, 5) is 6.86. The van der Waals surface area contributed by atoms with Crippen LogP contribution in [0.2, 0.25) is 0 Å². The van der Waals surface area contributed by atoms with Crippen molar-refractivity contribution in [2.24, 2.45) is 5.92 Å². The summed E-state index contributed by atoms with van der Waals surface area (Å²) in [6.45, 7) is 3.19. The Kier molecular flexibility index (Phi) is 4.49. The summed E-state index contributed by atoms with van der Waals surface area (Å²) in [6.07, 6.45) is 7.05. The first-order valence-electron chi connectivity index (χ1n) is 9.73. The van der Waals surface area contributed by atoms with E-state index in [2.05, 4.69) is 80.0 Å². The van der Waals surface area contributed by atoms with Crippen LogP contribution in [0.1, 0.15) is 23.7 Å². The number of pyridine rings is 1. The fourth-order valence-electron chi connectivity index (χ4n) is 4.53. The molecule has 2 saturated heterocycles. The third-order valence-electron chi connectivity index (χ3n) is 5.90. The van der Waals surface area contributed by atoms with E-state index in [1.165, 1.54) is 17.7 Å². The SMILES string of the molecule is c1ccc(C2NNC3CCN(Cc4cccn4-c4cccnc4)CC32)cc1. The minimum atomic E-state index is 0.379. The van der Waals surface area contributed by atoms with E-state index in [0.717, 1.165) is 25.3 Å². The van der Waals surface area contributed by atoms with Crippen molar-refractivity contribution in [2.45, 2.75) is 25.0 Å². The summed E-state index contributed by atoms with van der Waals surface area (Å²) in [7, 11) is 0. The maximum Gasteiger partial charge on any atom is 0.0636 e. The van der Waals surface area contributed by atoms with Crippen molar-refractivity contribution < 1.29 is 0 Å². The van der Waals surface area contributed by atoms with Crippen molar-refractivity contribution in [2.75, 3.05) is 13.1 Å². The summed E-state index contributed by atoms with van der Waals surface area (Å²) < 4.78 is 2.25. The molecule has 2 aliphatic heterocycles. The number of nitrogens with one attached hydrogen (secondary N) is 2. The lowest BCUT2D eigenvalue weighted by atomic mass is 9.85. The molecule has 3 unspecified atom stereocenters. The molecule has 0 spiro atoms. The average molecular weight is 359 g/mol. The fraction of sp³-hybridized carbons (Fsp3) is 0.318. The first-order chi connectivity index (χ1) is 13.4. The van der Waals surface area contributed by atoms with E-state index in [4.69, 9.17) is 0 Å². The topological polar surface area (TPSA) is 45.1 Å². The number of hydrazine groups is 1. The van der Waals surface area contributed by atoms with Gasteiger partial charge in [-0.25, -0.2) is 5.43 Å². The summed E-state index contributed by atoms with van der Waals surface area (Å²) in [5, 5.41) is 0. The zero-order valence-corrected chi connectivity index (χ0v) is 15.3. The van der Waals surface area contributed by atoms with Gasteiger partial charge in [-0.1, -0.05) is 30.3 Å². The lowest BCUT2D eigenvalue weighted by Gasteiger charge is -2.36. The Morgan fingerprint density at radius 2 is 1.93 bits per heavy atom. The van der Waals surface area contributed by atoms with E-state index in [1.807, 2.05) is 18.5 Å². The molecule has 0 aliphatic carbocycles. The molecule has 5 rings (SSSR count). The molecule has 5 nitrogen and oxygen atoms in total. The second-order valence-electron chi connectivity index (χ2n) is 7.55. The van der Waals surface area contributed by atoms with Crippen molar-refractivity contribution in [1.82, 2.24) is 25.3 Å². The van der Waals surface area contributed by atoms with Crippen molar-refractivity contribution in [1.29, 1.82) is 0 Å². The van der Waals surface area contributed by atoms with E-state index in [-0.39, 0.29) is 0 Å². The zero-order chi connectivity index (χ0) is 18.1. The van der Waals surface area contributed by atoms with Gasteiger partial charge in [0.1, 0.15) is 0 Å². The third kappa shape index (κ3) is 3.30. The van der Waals surface area contributed by atoms with Crippen LogP contribution < -0.4 is 10.9 Å². The van der Waals surface area contributed by atoms with Crippen LogP contribution in [0, 0.1) is 5.92 Å². The minimum Gasteiger partial charge on any atom is -0.318 e. The fourth-order valence-corrected chi connectivity index (χ4v) is 4.53. The first kappa shape index (κ1) is 16.7. The van der Waals surface area contributed by atoms with Crippen LogP contribution in [0.4, 0.5) is 0 Å². The average Bonchev–Trinajstić information content (AvgIpc) is 3.36. The Balaban J connectivity index is 1.33. The Morgan fingerprint density at radius 3 is 2.78 bits per heavy atom. The van der Waals surface area contributed by atoms with Gasteiger partial charge in [0, 0.05) is 49.7 Å². The van der Waals surface area contributed by atoms with Crippen LogP contribution in [-0.4, -0.2) is 33.6 Å². The van der Waals surface area contributed by atoms with Gasteiger partial charge in [0.15, 0.2) is 0 Å². The van der Waals surface area contributed by atoms with E-state index in [1.54, 1.807) is 0 Å². The predicted molar refractivity (Wildman–Crippen MR) is 106 cm³/mol. The molecule has 0 radical (unpaired) electrons. The maximum absolute atomic E-state index is 4.26. The van der Waals surface area contributed by atoms with Crippen LogP contribution in [0.15, 0.2) is 73.2 Å². The normalized spacial score (nSPS) is 25.4. The monoisotopic (exact) mass is 359 g/mol. The number of hydrogen-bond acceptors (Lipinski definition) is 4. The highest BCUT2D eigenvalue weighted by Gasteiger charge is 2.40. The van der Waals surface area contributed by atoms with Crippen molar-refractivity contribution in [3.05, 3.63) is 84.4 Å². The number of nitrogens with zero attached hydrogens (tertiary/aromatic N) is 3. The number of rotatable bonds is 4. The second kappa shape index (κ2) is 7.27. The highest BCUT2D eigenvalue weighted by molar-refractivity contribution is 5.32. The van der Waals surface area contributed by atoms with Crippen LogP contribution in [0.25, 0.3) is 5.69 Å². The quantitative estimate of drug-likeness (QED) is 0.752. The number of aromatic nitrogens is 2. The van der Waals surface area contributed by atoms with E-state index in [9.17, 15) is 0 Å². The highest BCUT2D eigenvalue weighted by Crippen LogP contribution is 2.34. The third-order valence-corrected chi connectivity index (χ3v) is 5.90. The van der Waals surface area contributed by atoms with Gasteiger partial charge >= 0.3 is 0 Å². The van der Waals surface area contributed by atoms with Gasteiger partial charge in [-0.15, -0.1) is 0 Å². The summed E-state index contributed by atoms with van der Waals surface area (Å²) in [6, 6.07) is 20.2. The lowest BCUT2D eigenvalue weighted by Crippen LogP contribution is -2.45. The van der Waals surface area contributed by atoms with E-state index >= 15 is 0 Å². The Hall–Kier alpha value is -2.47. The molecule has 2 N–H and O–H groups in total. The van der Waals surface area contributed by atoms with Gasteiger partial charge < -0.3 is 4.57 Å². The van der Waals surface area contributed by atoms with Crippen LogP contribution in [0.5, 0.6) is 0 Å². The minimum absolute atomic E-state index is 0.379. The molecule has 27 heavy (non-hydrogen) atoms. The van der Waals surface area contributed by atoms with Gasteiger partial charge in [-0.05, 0) is 36.2 Å². The van der Waals surface area contributed by atoms with Crippen LogP contribution in [-0.2, 0) is 6.54 Å². The second-order valence-corrected chi connectivity index (χ2v) is 7.55. The molecule has 3 aromatic rings. The molecule has 4 heterocycles. The molecule has 3 atom stereocenters. The Morgan fingerprint density at radius 1 is 1.00 bits per heavy atom. The van der Waals surface area contributed by atoms with Crippen LogP contribution in [0.3, 0.4) is 0 Å². The summed E-state index contributed by atoms with van der Waals surface area (Å²) in [5.74, 6) is 0.586. The molecule has 5 heteroatoms.